The maximum atomic E-state index is 12.1. The molecular formula is C21H27N5O2. The molecule has 28 heavy (non-hydrogen) atoms. The van der Waals surface area contributed by atoms with Crippen molar-refractivity contribution < 1.29 is 9.59 Å². The lowest BCUT2D eigenvalue weighted by Gasteiger charge is -2.24. The monoisotopic (exact) mass is 381 g/mol. The summed E-state index contributed by atoms with van der Waals surface area (Å²) in [4.78, 5) is 30.3. The highest BCUT2D eigenvalue weighted by Crippen LogP contribution is 2.27. The molecule has 1 aromatic heterocycles. The van der Waals surface area contributed by atoms with Crippen LogP contribution in [0.5, 0.6) is 0 Å². The summed E-state index contributed by atoms with van der Waals surface area (Å²) in [5.41, 5.74) is 2.68. The summed E-state index contributed by atoms with van der Waals surface area (Å²) >= 11 is 0. The minimum absolute atomic E-state index is 0.0866. The van der Waals surface area contributed by atoms with E-state index in [0.717, 1.165) is 41.9 Å². The number of hydrogen-bond donors (Lipinski definition) is 3. The van der Waals surface area contributed by atoms with Crippen LogP contribution < -0.4 is 20.9 Å². The Labute approximate surface area is 165 Å². The minimum atomic E-state index is -0.243. The first-order valence-corrected chi connectivity index (χ1v) is 9.55. The predicted molar refractivity (Wildman–Crippen MR) is 110 cm³/mol. The number of urea groups is 1. The van der Waals surface area contributed by atoms with Crippen molar-refractivity contribution in [3.63, 3.8) is 0 Å². The number of aromatic nitrogens is 1. The predicted octanol–water partition coefficient (Wildman–Crippen LogP) is 2.89. The number of amides is 3. The molecule has 7 heteroatoms. The minimum Gasteiger partial charge on any atom is -0.363 e. The van der Waals surface area contributed by atoms with Crippen LogP contribution in [-0.2, 0) is 17.9 Å². The molecule has 1 fully saturated rings. The molecule has 1 saturated carbocycles. The van der Waals surface area contributed by atoms with Crippen LogP contribution in [0.3, 0.4) is 0 Å². The molecule has 7 nitrogen and oxygen atoms in total. The molecule has 148 valence electrons. The number of anilines is 2. The number of rotatable bonds is 7. The maximum Gasteiger partial charge on any atom is 0.315 e. The van der Waals surface area contributed by atoms with Crippen LogP contribution in [0.4, 0.5) is 16.3 Å². The molecule has 0 bridgehead atoms. The number of hydrogen-bond acceptors (Lipinski definition) is 4. The van der Waals surface area contributed by atoms with Crippen LogP contribution in [0.2, 0.25) is 0 Å². The van der Waals surface area contributed by atoms with Gasteiger partial charge in [-0.25, -0.2) is 9.78 Å². The van der Waals surface area contributed by atoms with Crippen LogP contribution in [-0.4, -0.2) is 31.0 Å². The summed E-state index contributed by atoms with van der Waals surface area (Å²) in [5.74, 6) is 1.08. The molecule has 3 rings (SSSR count). The van der Waals surface area contributed by atoms with Crippen molar-refractivity contribution in [3.05, 3.63) is 53.7 Å². The fourth-order valence-corrected chi connectivity index (χ4v) is 2.92. The summed E-state index contributed by atoms with van der Waals surface area (Å²) < 4.78 is 0. The van der Waals surface area contributed by atoms with E-state index >= 15 is 0 Å². The highest BCUT2D eigenvalue weighted by atomic mass is 16.2. The second-order valence-corrected chi connectivity index (χ2v) is 7.27. The third-order valence-corrected chi connectivity index (χ3v) is 4.84. The Balaban J connectivity index is 1.46. The zero-order valence-corrected chi connectivity index (χ0v) is 16.4. The van der Waals surface area contributed by atoms with Crippen molar-refractivity contribution in [1.82, 2.24) is 15.6 Å². The third kappa shape index (κ3) is 5.45. The molecule has 1 heterocycles. The average Bonchev–Trinajstić information content (AvgIpc) is 2.63. The summed E-state index contributed by atoms with van der Waals surface area (Å²) in [6, 6.07) is 11.1. The van der Waals surface area contributed by atoms with Gasteiger partial charge in [-0.1, -0.05) is 18.6 Å². The number of nitrogens with one attached hydrogen (secondary N) is 3. The second kappa shape index (κ2) is 9.21. The molecule has 0 atom stereocenters. The van der Waals surface area contributed by atoms with Gasteiger partial charge in [0.2, 0.25) is 5.91 Å². The summed E-state index contributed by atoms with van der Waals surface area (Å²) in [6.07, 6.45) is 4.81. The Morgan fingerprint density at radius 3 is 2.43 bits per heavy atom. The highest BCUT2D eigenvalue weighted by Gasteiger charge is 2.25. The zero-order chi connectivity index (χ0) is 19.9. The van der Waals surface area contributed by atoms with Gasteiger partial charge in [0.1, 0.15) is 5.82 Å². The van der Waals surface area contributed by atoms with Gasteiger partial charge in [-0.2, -0.15) is 0 Å². The van der Waals surface area contributed by atoms with Crippen LogP contribution in [0.1, 0.15) is 30.4 Å². The lowest BCUT2D eigenvalue weighted by atomic mass is 9.85. The number of benzene rings is 1. The van der Waals surface area contributed by atoms with Gasteiger partial charge < -0.3 is 20.9 Å². The van der Waals surface area contributed by atoms with Crippen LogP contribution in [0, 0.1) is 5.92 Å². The van der Waals surface area contributed by atoms with E-state index in [2.05, 4.69) is 20.9 Å². The average molecular weight is 381 g/mol. The Morgan fingerprint density at radius 1 is 1.07 bits per heavy atom. The quantitative estimate of drug-likeness (QED) is 0.688. The van der Waals surface area contributed by atoms with E-state index in [4.69, 9.17) is 0 Å². The van der Waals surface area contributed by atoms with Gasteiger partial charge in [0.25, 0.3) is 0 Å². The van der Waals surface area contributed by atoms with Crippen molar-refractivity contribution in [2.24, 2.45) is 5.92 Å². The van der Waals surface area contributed by atoms with E-state index in [-0.39, 0.29) is 17.9 Å². The van der Waals surface area contributed by atoms with E-state index in [9.17, 15) is 9.59 Å². The molecule has 2 aromatic rings. The Morgan fingerprint density at radius 2 is 1.79 bits per heavy atom. The van der Waals surface area contributed by atoms with Gasteiger partial charge >= 0.3 is 6.03 Å². The molecule has 1 aromatic carbocycles. The fraction of sp³-hybridized carbons (Fsp3) is 0.381. The number of nitrogens with zero attached hydrogens (tertiary/aromatic N) is 2. The molecule has 0 saturated heterocycles. The SMILES string of the molecule is CN(C)c1cc(CNC(=O)NCc2cccc(NC(=O)C3CCC3)c2)ccn1. The standard InChI is InChI=1S/C21H27N5O2/c1-26(2)19-12-16(9-10-22-19)14-24-21(28)23-13-15-5-3-8-18(11-15)25-20(27)17-6-4-7-17/h3,5,8-12,17H,4,6-7,13-14H2,1-2H3,(H,25,27)(H2,23,24,28). The van der Waals surface area contributed by atoms with Gasteiger partial charge in [0, 0.05) is 45.0 Å². The van der Waals surface area contributed by atoms with Gasteiger partial charge in [0.05, 0.1) is 0 Å². The Hall–Kier alpha value is -3.09. The van der Waals surface area contributed by atoms with Crippen LogP contribution in [0.15, 0.2) is 42.6 Å². The van der Waals surface area contributed by atoms with Crippen molar-refractivity contribution in [2.45, 2.75) is 32.4 Å². The first kappa shape index (κ1) is 19.7. The van der Waals surface area contributed by atoms with E-state index in [1.165, 1.54) is 0 Å². The largest absolute Gasteiger partial charge is 0.363 e. The van der Waals surface area contributed by atoms with Crippen LogP contribution >= 0.6 is 0 Å². The van der Waals surface area contributed by atoms with E-state index in [0.29, 0.717) is 13.1 Å². The summed E-state index contributed by atoms with van der Waals surface area (Å²) in [7, 11) is 3.85. The molecule has 0 aliphatic heterocycles. The fourth-order valence-electron chi connectivity index (χ4n) is 2.92. The normalized spacial score (nSPS) is 13.4. The summed E-state index contributed by atoms with van der Waals surface area (Å²) in [5, 5.41) is 8.65. The van der Waals surface area contributed by atoms with E-state index in [1.807, 2.05) is 55.4 Å². The first-order valence-electron chi connectivity index (χ1n) is 9.55. The lowest BCUT2D eigenvalue weighted by molar-refractivity contribution is -0.122. The van der Waals surface area contributed by atoms with E-state index in [1.54, 1.807) is 6.20 Å². The molecule has 0 spiro atoms. The highest BCUT2D eigenvalue weighted by molar-refractivity contribution is 5.93. The van der Waals surface area contributed by atoms with Gasteiger partial charge in [0.15, 0.2) is 0 Å². The molecule has 1 aliphatic rings. The molecular weight excluding hydrogens is 354 g/mol. The molecule has 0 radical (unpaired) electrons. The second-order valence-electron chi connectivity index (χ2n) is 7.27. The first-order chi connectivity index (χ1) is 13.5. The zero-order valence-electron chi connectivity index (χ0n) is 16.4. The molecule has 0 unspecified atom stereocenters. The Bertz CT molecular complexity index is 833. The van der Waals surface area contributed by atoms with Crippen molar-refractivity contribution in [3.8, 4) is 0 Å². The lowest BCUT2D eigenvalue weighted by Crippen LogP contribution is -2.34. The molecule has 3 amide bonds. The van der Waals surface area contributed by atoms with Crippen molar-refractivity contribution >= 4 is 23.4 Å². The van der Waals surface area contributed by atoms with Gasteiger partial charge in [-0.3, -0.25) is 4.79 Å². The van der Waals surface area contributed by atoms with Crippen molar-refractivity contribution in [1.29, 1.82) is 0 Å². The van der Waals surface area contributed by atoms with Gasteiger partial charge in [-0.05, 0) is 48.2 Å². The topological polar surface area (TPSA) is 86.4 Å². The molecule has 1 aliphatic carbocycles. The smallest absolute Gasteiger partial charge is 0.315 e. The number of carbonyl (C=O) groups is 2. The number of carbonyl (C=O) groups excluding carboxylic acids is 2. The third-order valence-electron chi connectivity index (χ3n) is 4.84. The van der Waals surface area contributed by atoms with Gasteiger partial charge in [-0.15, -0.1) is 0 Å². The summed E-state index contributed by atoms with van der Waals surface area (Å²) in [6.45, 7) is 0.810. The number of pyridine rings is 1. The molecule has 3 N–H and O–H groups in total. The maximum absolute atomic E-state index is 12.1. The van der Waals surface area contributed by atoms with Crippen molar-refractivity contribution in [2.75, 3.05) is 24.3 Å². The van der Waals surface area contributed by atoms with Crippen LogP contribution in [0.25, 0.3) is 0 Å². The van der Waals surface area contributed by atoms with E-state index < -0.39 is 0 Å². The Kier molecular flexibility index (Phi) is 6.47.